The zero-order valence-corrected chi connectivity index (χ0v) is 13.4. The summed E-state index contributed by atoms with van der Waals surface area (Å²) in [6.45, 7) is 5.88. The van der Waals surface area contributed by atoms with Gasteiger partial charge in [0.25, 0.3) is 0 Å². The molecule has 0 radical (unpaired) electrons. The van der Waals surface area contributed by atoms with Crippen LogP contribution in [0.15, 0.2) is 24.3 Å². The fraction of sp³-hybridized carbons (Fsp3) is 0.500. The van der Waals surface area contributed by atoms with Crippen LogP contribution in [0.4, 0.5) is 5.69 Å². The lowest BCUT2D eigenvalue weighted by Crippen LogP contribution is -2.65. The minimum atomic E-state index is -0.496. The van der Waals surface area contributed by atoms with Crippen molar-refractivity contribution in [1.82, 2.24) is 5.32 Å². The van der Waals surface area contributed by atoms with Crippen molar-refractivity contribution in [3.05, 3.63) is 29.3 Å². The zero-order valence-electron chi connectivity index (χ0n) is 12.6. The monoisotopic (exact) mass is 308 g/mol. The van der Waals surface area contributed by atoms with E-state index < -0.39 is 12.1 Å². The Bertz CT molecular complexity index is 545. The Hall–Kier alpha value is -1.55. The van der Waals surface area contributed by atoms with Crippen molar-refractivity contribution in [2.45, 2.75) is 45.7 Å². The Morgan fingerprint density at radius 2 is 2.05 bits per heavy atom. The Morgan fingerprint density at radius 1 is 1.33 bits per heavy atom. The Labute approximate surface area is 130 Å². The van der Waals surface area contributed by atoms with Gasteiger partial charge < -0.3 is 5.32 Å². The van der Waals surface area contributed by atoms with Gasteiger partial charge in [0.2, 0.25) is 11.8 Å². The summed E-state index contributed by atoms with van der Waals surface area (Å²) < 4.78 is 0. The first-order valence-electron chi connectivity index (χ1n) is 7.34. The smallest absolute Gasteiger partial charge is 0.250 e. The standard InChI is InChI=1S/C16H21ClN2O2/c1-4-6-13-16(21)19(12-8-5-7-11(17)9-12)14(10(2)3)15(20)18-13/h5,7-10,13-14H,4,6H2,1-3H3,(H,18,20). The first-order valence-corrected chi connectivity index (χ1v) is 7.72. The summed E-state index contributed by atoms with van der Waals surface area (Å²) in [5.41, 5.74) is 0.683. The molecule has 2 amide bonds. The highest BCUT2D eigenvalue weighted by molar-refractivity contribution is 6.31. The van der Waals surface area contributed by atoms with Crippen LogP contribution < -0.4 is 10.2 Å². The third kappa shape index (κ3) is 3.21. The average Bonchev–Trinajstić information content (AvgIpc) is 2.41. The maximum absolute atomic E-state index is 12.8. The number of halogens is 1. The van der Waals surface area contributed by atoms with Crippen LogP contribution in [0.1, 0.15) is 33.6 Å². The van der Waals surface area contributed by atoms with E-state index in [1.165, 1.54) is 0 Å². The number of amides is 2. The predicted molar refractivity (Wildman–Crippen MR) is 84.4 cm³/mol. The van der Waals surface area contributed by atoms with Crippen molar-refractivity contribution in [3.63, 3.8) is 0 Å². The second-order valence-corrected chi connectivity index (χ2v) is 6.16. The summed E-state index contributed by atoms with van der Waals surface area (Å²) in [5, 5.41) is 3.41. The van der Waals surface area contributed by atoms with E-state index in [1.54, 1.807) is 23.1 Å². The van der Waals surface area contributed by atoms with Crippen LogP contribution in [-0.4, -0.2) is 23.9 Å². The minimum absolute atomic E-state index is 0.0236. The highest BCUT2D eigenvalue weighted by atomic mass is 35.5. The fourth-order valence-corrected chi connectivity index (χ4v) is 2.92. The molecule has 0 spiro atoms. The van der Waals surface area contributed by atoms with Crippen LogP contribution in [0.5, 0.6) is 0 Å². The van der Waals surface area contributed by atoms with Crippen molar-refractivity contribution >= 4 is 29.1 Å². The maximum Gasteiger partial charge on any atom is 0.250 e. The third-order valence-electron chi connectivity index (χ3n) is 3.69. The van der Waals surface area contributed by atoms with Gasteiger partial charge in [0.1, 0.15) is 12.1 Å². The summed E-state index contributed by atoms with van der Waals surface area (Å²) in [7, 11) is 0. The highest BCUT2D eigenvalue weighted by Crippen LogP contribution is 2.28. The molecule has 0 bridgehead atoms. The number of carbonyl (C=O) groups is 2. The van der Waals surface area contributed by atoms with Crippen LogP contribution in [-0.2, 0) is 9.59 Å². The van der Waals surface area contributed by atoms with Gasteiger partial charge in [-0.05, 0) is 30.5 Å². The molecule has 1 aromatic carbocycles. The average molecular weight is 309 g/mol. The molecule has 0 saturated carbocycles. The van der Waals surface area contributed by atoms with Crippen molar-refractivity contribution in [1.29, 1.82) is 0 Å². The quantitative estimate of drug-likeness (QED) is 0.929. The second-order valence-electron chi connectivity index (χ2n) is 5.73. The lowest BCUT2D eigenvalue weighted by atomic mass is 9.95. The Morgan fingerprint density at radius 3 is 2.62 bits per heavy atom. The number of piperazine rings is 1. The molecule has 1 aliphatic heterocycles. The fourth-order valence-electron chi connectivity index (χ4n) is 2.74. The second kappa shape index (κ2) is 6.48. The number of carbonyl (C=O) groups excluding carboxylic acids is 2. The Kier molecular flexibility index (Phi) is 4.88. The molecule has 21 heavy (non-hydrogen) atoms. The van der Waals surface area contributed by atoms with E-state index in [1.807, 2.05) is 26.8 Å². The van der Waals surface area contributed by atoms with Gasteiger partial charge in [-0.2, -0.15) is 0 Å². The van der Waals surface area contributed by atoms with E-state index in [2.05, 4.69) is 5.32 Å². The van der Waals surface area contributed by atoms with Gasteiger partial charge in [-0.1, -0.05) is 44.9 Å². The lowest BCUT2D eigenvalue weighted by Gasteiger charge is -2.40. The van der Waals surface area contributed by atoms with Gasteiger partial charge in [-0.15, -0.1) is 0 Å². The van der Waals surface area contributed by atoms with Crippen LogP contribution in [0.2, 0.25) is 5.02 Å². The number of benzene rings is 1. The van der Waals surface area contributed by atoms with Crippen LogP contribution >= 0.6 is 11.6 Å². The molecular weight excluding hydrogens is 288 g/mol. The molecule has 1 aromatic rings. The summed E-state index contributed by atoms with van der Waals surface area (Å²) in [6.07, 6.45) is 1.48. The summed E-state index contributed by atoms with van der Waals surface area (Å²) in [6, 6.07) is 6.16. The molecule has 4 nitrogen and oxygen atoms in total. The predicted octanol–water partition coefficient (Wildman–Crippen LogP) is 3.00. The molecule has 1 aliphatic rings. The minimum Gasteiger partial charge on any atom is -0.342 e. The van der Waals surface area contributed by atoms with E-state index >= 15 is 0 Å². The molecule has 2 rings (SSSR count). The van der Waals surface area contributed by atoms with E-state index in [4.69, 9.17) is 11.6 Å². The number of anilines is 1. The molecule has 1 N–H and O–H groups in total. The summed E-state index contributed by atoms with van der Waals surface area (Å²) in [5.74, 6) is -0.129. The van der Waals surface area contributed by atoms with E-state index in [0.717, 1.165) is 6.42 Å². The molecule has 0 aliphatic carbocycles. The SMILES string of the molecule is CCCC1NC(=O)C(C(C)C)N(c2cccc(Cl)c2)C1=O. The molecule has 0 aromatic heterocycles. The van der Waals surface area contributed by atoms with Gasteiger partial charge in [0.15, 0.2) is 0 Å². The van der Waals surface area contributed by atoms with Crippen molar-refractivity contribution in [2.75, 3.05) is 4.90 Å². The number of nitrogens with one attached hydrogen (secondary N) is 1. The molecule has 2 atom stereocenters. The number of nitrogens with zero attached hydrogens (tertiary/aromatic N) is 1. The van der Waals surface area contributed by atoms with E-state index in [0.29, 0.717) is 17.1 Å². The first kappa shape index (κ1) is 15.8. The van der Waals surface area contributed by atoms with Crippen molar-refractivity contribution in [2.24, 2.45) is 5.92 Å². The van der Waals surface area contributed by atoms with Crippen LogP contribution in [0, 0.1) is 5.92 Å². The highest BCUT2D eigenvalue weighted by Gasteiger charge is 2.42. The maximum atomic E-state index is 12.8. The normalized spacial score (nSPS) is 22.6. The van der Waals surface area contributed by atoms with Gasteiger partial charge in [-0.3, -0.25) is 14.5 Å². The summed E-state index contributed by atoms with van der Waals surface area (Å²) >= 11 is 6.03. The summed E-state index contributed by atoms with van der Waals surface area (Å²) in [4.78, 5) is 26.8. The number of rotatable bonds is 4. The van der Waals surface area contributed by atoms with Gasteiger partial charge in [0, 0.05) is 10.7 Å². The van der Waals surface area contributed by atoms with Gasteiger partial charge >= 0.3 is 0 Å². The van der Waals surface area contributed by atoms with Gasteiger partial charge in [0.05, 0.1) is 0 Å². The molecule has 1 saturated heterocycles. The first-order chi connectivity index (χ1) is 9.95. The van der Waals surface area contributed by atoms with Crippen molar-refractivity contribution in [3.8, 4) is 0 Å². The lowest BCUT2D eigenvalue weighted by molar-refractivity contribution is -0.135. The van der Waals surface area contributed by atoms with Crippen LogP contribution in [0.25, 0.3) is 0 Å². The number of hydrogen-bond donors (Lipinski definition) is 1. The van der Waals surface area contributed by atoms with Crippen molar-refractivity contribution < 1.29 is 9.59 Å². The number of hydrogen-bond acceptors (Lipinski definition) is 2. The van der Waals surface area contributed by atoms with E-state index in [9.17, 15) is 9.59 Å². The molecule has 1 heterocycles. The molecular formula is C16H21ClN2O2. The molecule has 2 unspecified atom stereocenters. The molecule has 114 valence electrons. The van der Waals surface area contributed by atoms with Gasteiger partial charge in [-0.25, -0.2) is 0 Å². The largest absolute Gasteiger partial charge is 0.342 e. The zero-order chi connectivity index (χ0) is 15.6. The van der Waals surface area contributed by atoms with Crippen LogP contribution in [0.3, 0.4) is 0 Å². The topological polar surface area (TPSA) is 49.4 Å². The Balaban J connectivity index is 2.43. The molecule has 5 heteroatoms. The third-order valence-corrected chi connectivity index (χ3v) is 3.93. The molecule has 1 fully saturated rings. The van der Waals surface area contributed by atoms with E-state index in [-0.39, 0.29) is 17.7 Å².